The van der Waals surface area contributed by atoms with Crippen molar-refractivity contribution in [3.63, 3.8) is 0 Å². The minimum Gasteiger partial charge on any atom is -0.466 e. The van der Waals surface area contributed by atoms with E-state index < -0.39 is 0 Å². The number of rotatable bonds is 6. The molecule has 2 aliphatic rings. The van der Waals surface area contributed by atoms with Gasteiger partial charge in [0.15, 0.2) is 0 Å². The van der Waals surface area contributed by atoms with Gasteiger partial charge < -0.3 is 19.4 Å². The highest BCUT2D eigenvalue weighted by Crippen LogP contribution is 2.39. The first-order chi connectivity index (χ1) is 16.5. The largest absolute Gasteiger partial charge is 0.466 e. The van der Waals surface area contributed by atoms with Gasteiger partial charge in [-0.2, -0.15) is 0 Å². The normalized spacial score (nSPS) is 23.8. The van der Waals surface area contributed by atoms with Gasteiger partial charge in [0.1, 0.15) is 11.6 Å². The van der Waals surface area contributed by atoms with Crippen LogP contribution in [0.15, 0.2) is 42.6 Å². The van der Waals surface area contributed by atoms with Crippen molar-refractivity contribution in [3.8, 4) is 11.4 Å². The number of carbonyl (C=O) groups excluding carboxylic acids is 1. The van der Waals surface area contributed by atoms with Crippen LogP contribution in [0, 0.1) is 5.41 Å². The van der Waals surface area contributed by atoms with Crippen molar-refractivity contribution in [1.82, 2.24) is 15.0 Å². The second kappa shape index (κ2) is 9.74. The summed E-state index contributed by atoms with van der Waals surface area (Å²) < 4.78 is 11.7. The van der Waals surface area contributed by atoms with E-state index in [2.05, 4.69) is 27.0 Å². The molecule has 0 bridgehead atoms. The van der Waals surface area contributed by atoms with Gasteiger partial charge >= 0.3 is 5.97 Å². The van der Waals surface area contributed by atoms with Crippen molar-refractivity contribution >= 4 is 22.8 Å². The van der Waals surface area contributed by atoms with Crippen LogP contribution in [0.3, 0.4) is 0 Å². The third-order valence-corrected chi connectivity index (χ3v) is 7.37. The number of piperidine rings is 1. The molecule has 0 amide bonds. The minimum atomic E-state index is -0.348. The SMILES string of the molecule is CCOC(=O)[C@]1(C)CC[C@H](OC2CCN(c3ccc(-c4nc5ccccc5[nH]4)cn3)CC2)CC1. The van der Waals surface area contributed by atoms with Crippen molar-refractivity contribution in [2.75, 3.05) is 24.6 Å². The van der Waals surface area contributed by atoms with E-state index in [4.69, 9.17) is 14.5 Å². The van der Waals surface area contributed by atoms with Crippen molar-refractivity contribution in [1.29, 1.82) is 0 Å². The number of carbonyl (C=O) groups is 1. The number of benzene rings is 1. The molecule has 7 nitrogen and oxygen atoms in total. The summed E-state index contributed by atoms with van der Waals surface area (Å²) in [5, 5.41) is 0. The summed E-state index contributed by atoms with van der Waals surface area (Å²) in [5.74, 6) is 1.79. The summed E-state index contributed by atoms with van der Waals surface area (Å²) >= 11 is 0. The number of nitrogens with one attached hydrogen (secondary N) is 1. The molecular formula is C27H34N4O3. The molecule has 34 heavy (non-hydrogen) atoms. The van der Waals surface area contributed by atoms with Gasteiger partial charge in [-0.3, -0.25) is 4.79 Å². The molecule has 3 heterocycles. The zero-order valence-corrected chi connectivity index (χ0v) is 20.1. The summed E-state index contributed by atoms with van der Waals surface area (Å²) in [5.41, 5.74) is 2.64. The number of pyridine rings is 1. The number of imidazole rings is 1. The van der Waals surface area contributed by atoms with E-state index in [-0.39, 0.29) is 23.6 Å². The average molecular weight is 463 g/mol. The molecule has 1 aromatic carbocycles. The Morgan fingerprint density at radius 2 is 1.82 bits per heavy atom. The monoisotopic (exact) mass is 462 g/mol. The summed E-state index contributed by atoms with van der Waals surface area (Å²) in [4.78, 5) is 27.3. The summed E-state index contributed by atoms with van der Waals surface area (Å²) in [6, 6.07) is 12.2. The second-order valence-electron chi connectivity index (χ2n) is 9.81. The highest BCUT2D eigenvalue weighted by Gasteiger charge is 2.39. The maximum atomic E-state index is 12.3. The minimum absolute atomic E-state index is 0.0550. The maximum absolute atomic E-state index is 12.3. The van der Waals surface area contributed by atoms with Crippen LogP contribution in [0.2, 0.25) is 0 Å². The summed E-state index contributed by atoms with van der Waals surface area (Å²) in [6.45, 7) is 6.23. The van der Waals surface area contributed by atoms with E-state index in [1.807, 2.05) is 44.3 Å². The zero-order chi connectivity index (χ0) is 23.5. The molecule has 1 aliphatic carbocycles. The third-order valence-electron chi connectivity index (χ3n) is 7.37. The van der Waals surface area contributed by atoms with Gasteiger partial charge in [-0.1, -0.05) is 12.1 Å². The lowest BCUT2D eigenvalue weighted by Crippen LogP contribution is -2.41. The van der Waals surface area contributed by atoms with Gasteiger partial charge in [0.25, 0.3) is 0 Å². The Labute approximate surface area is 200 Å². The van der Waals surface area contributed by atoms with Crippen molar-refractivity contribution in [2.45, 2.75) is 64.6 Å². The lowest BCUT2D eigenvalue weighted by molar-refractivity contribution is -0.159. The lowest BCUT2D eigenvalue weighted by atomic mass is 9.74. The van der Waals surface area contributed by atoms with E-state index in [1.165, 1.54) is 0 Å². The number of hydrogen-bond acceptors (Lipinski definition) is 6. The number of hydrogen-bond donors (Lipinski definition) is 1. The van der Waals surface area contributed by atoms with Crippen molar-refractivity contribution in [2.24, 2.45) is 5.41 Å². The van der Waals surface area contributed by atoms with Crippen molar-refractivity contribution < 1.29 is 14.3 Å². The van der Waals surface area contributed by atoms with Gasteiger partial charge in [-0.05, 0) is 76.6 Å². The van der Waals surface area contributed by atoms with Crippen LogP contribution < -0.4 is 4.90 Å². The molecule has 7 heteroatoms. The van der Waals surface area contributed by atoms with Gasteiger partial charge in [0, 0.05) is 24.8 Å². The number of aromatic nitrogens is 3. The Morgan fingerprint density at radius 1 is 1.09 bits per heavy atom. The Balaban J connectivity index is 1.11. The van der Waals surface area contributed by atoms with E-state index in [0.29, 0.717) is 6.61 Å². The highest BCUT2D eigenvalue weighted by atomic mass is 16.5. The smallest absolute Gasteiger partial charge is 0.311 e. The number of fused-ring (bicyclic) bond motifs is 1. The fraction of sp³-hybridized carbons (Fsp3) is 0.519. The van der Waals surface area contributed by atoms with Crippen LogP contribution in [0.5, 0.6) is 0 Å². The van der Waals surface area contributed by atoms with Crippen LogP contribution in [0.1, 0.15) is 52.4 Å². The number of aromatic amines is 1. The third kappa shape index (κ3) is 4.80. The number of anilines is 1. The number of ether oxygens (including phenoxy) is 2. The molecule has 0 radical (unpaired) electrons. The van der Waals surface area contributed by atoms with E-state index in [1.54, 1.807) is 0 Å². The first-order valence-corrected chi connectivity index (χ1v) is 12.5. The van der Waals surface area contributed by atoms with E-state index in [9.17, 15) is 4.79 Å². The van der Waals surface area contributed by atoms with Crippen LogP contribution >= 0.6 is 0 Å². The van der Waals surface area contributed by atoms with E-state index in [0.717, 1.165) is 79.9 Å². The van der Waals surface area contributed by atoms with E-state index >= 15 is 0 Å². The fourth-order valence-electron chi connectivity index (χ4n) is 5.17. The number of esters is 1. The summed E-state index contributed by atoms with van der Waals surface area (Å²) in [6.07, 6.45) is 7.98. The zero-order valence-electron chi connectivity index (χ0n) is 20.1. The quantitative estimate of drug-likeness (QED) is 0.512. The molecule has 5 rings (SSSR count). The Morgan fingerprint density at radius 3 is 2.50 bits per heavy atom. The van der Waals surface area contributed by atoms with Crippen molar-refractivity contribution in [3.05, 3.63) is 42.6 Å². The van der Waals surface area contributed by atoms with Gasteiger partial charge in [-0.15, -0.1) is 0 Å². The molecule has 180 valence electrons. The predicted octanol–water partition coefficient (Wildman–Crippen LogP) is 5.12. The molecule has 0 atom stereocenters. The van der Waals surface area contributed by atoms with Crippen LogP contribution in [-0.4, -0.2) is 52.8 Å². The fourth-order valence-corrected chi connectivity index (χ4v) is 5.17. The molecule has 1 saturated heterocycles. The first-order valence-electron chi connectivity index (χ1n) is 12.5. The topological polar surface area (TPSA) is 80.3 Å². The van der Waals surface area contributed by atoms with Crippen LogP contribution in [0.25, 0.3) is 22.4 Å². The molecule has 2 fully saturated rings. The van der Waals surface area contributed by atoms with Gasteiger partial charge in [0.05, 0.1) is 35.3 Å². The maximum Gasteiger partial charge on any atom is 0.311 e. The highest BCUT2D eigenvalue weighted by molar-refractivity contribution is 5.79. The number of H-pyrrole nitrogens is 1. The number of para-hydroxylation sites is 2. The number of nitrogens with zero attached hydrogens (tertiary/aromatic N) is 3. The Hall–Kier alpha value is -2.93. The summed E-state index contributed by atoms with van der Waals surface area (Å²) in [7, 11) is 0. The first kappa shape index (κ1) is 22.8. The molecule has 1 saturated carbocycles. The molecule has 2 aromatic heterocycles. The average Bonchev–Trinajstić information content (AvgIpc) is 3.31. The molecule has 0 unspecified atom stereocenters. The molecular weight excluding hydrogens is 428 g/mol. The molecule has 3 aromatic rings. The Bertz CT molecular complexity index is 1080. The molecule has 1 aliphatic heterocycles. The standard InChI is InChI=1S/C27H34N4O3/c1-3-33-26(32)27(2)14-10-20(11-15-27)34-21-12-16-31(17-13-21)24-9-8-19(18-28-24)25-29-22-6-4-5-7-23(22)30-25/h4-9,18,20-21H,3,10-17H2,1-2H3,(H,29,30)/t20-,27+. The lowest BCUT2D eigenvalue weighted by Gasteiger charge is -2.38. The Kier molecular flexibility index (Phi) is 6.55. The molecule has 1 N–H and O–H groups in total. The van der Waals surface area contributed by atoms with Gasteiger partial charge in [0.2, 0.25) is 0 Å². The van der Waals surface area contributed by atoms with Gasteiger partial charge in [-0.25, -0.2) is 9.97 Å². The van der Waals surface area contributed by atoms with Crippen LogP contribution in [0.4, 0.5) is 5.82 Å². The molecule has 0 spiro atoms. The van der Waals surface area contributed by atoms with Crippen LogP contribution in [-0.2, 0) is 14.3 Å². The predicted molar refractivity (Wildman–Crippen MR) is 133 cm³/mol. The second-order valence-corrected chi connectivity index (χ2v) is 9.81.